The molecule has 1 unspecified atom stereocenters. The molecule has 0 aliphatic rings. The third kappa shape index (κ3) is 4.10. The van der Waals surface area contributed by atoms with Crippen molar-refractivity contribution >= 4 is 5.91 Å². The van der Waals surface area contributed by atoms with Crippen molar-refractivity contribution in [3.05, 3.63) is 65.6 Å². The van der Waals surface area contributed by atoms with Gasteiger partial charge in [0.05, 0.1) is 5.56 Å². The number of rotatable bonds is 4. The highest BCUT2D eigenvalue weighted by atomic mass is 19.4. The van der Waals surface area contributed by atoms with Crippen molar-refractivity contribution in [1.29, 1.82) is 0 Å². The number of carbonyl (C=O) groups excluding carboxylic acids is 1. The lowest BCUT2D eigenvalue weighted by atomic mass is 10.1. The van der Waals surface area contributed by atoms with E-state index in [0.717, 1.165) is 18.3 Å². The van der Waals surface area contributed by atoms with Crippen LogP contribution in [0.4, 0.5) is 17.6 Å². The zero-order chi connectivity index (χ0) is 19.6. The van der Waals surface area contributed by atoms with Crippen LogP contribution in [-0.2, 0) is 6.18 Å². The Morgan fingerprint density at radius 1 is 1.22 bits per heavy atom. The normalized spacial score (nSPS) is 12.6. The molecule has 10 heteroatoms. The Balaban J connectivity index is 1.79. The molecule has 2 aromatic heterocycles. The molecule has 140 valence electrons. The Labute approximate surface area is 150 Å². The standard InChI is InChI=1S/C17H12F4N4O2/c1-9(16-24-14(25-27-16)10-4-2-5-11(18)8-10)23-15(26)13-12(17(19,20)21)6-3-7-22-13/h2-9H,1H3,(H,23,26). The van der Waals surface area contributed by atoms with Gasteiger partial charge in [-0.05, 0) is 31.2 Å². The first kappa shape index (κ1) is 18.5. The molecule has 3 aromatic rings. The second kappa shape index (κ2) is 7.14. The quantitative estimate of drug-likeness (QED) is 0.697. The highest BCUT2D eigenvalue weighted by Gasteiger charge is 2.36. The van der Waals surface area contributed by atoms with Gasteiger partial charge < -0.3 is 9.84 Å². The molecule has 0 radical (unpaired) electrons. The molecule has 0 fully saturated rings. The van der Waals surface area contributed by atoms with E-state index in [-0.39, 0.29) is 11.7 Å². The largest absolute Gasteiger partial charge is 0.418 e. The minimum Gasteiger partial charge on any atom is -0.339 e. The summed E-state index contributed by atoms with van der Waals surface area (Å²) < 4.78 is 57.3. The fraction of sp³-hybridized carbons (Fsp3) is 0.176. The van der Waals surface area contributed by atoms with Gasteiger partial charge in [0.15, 0.2) is 0 Å². The zero-order valence-corrected chi connectivity index (χ0v) is 13.8. The minimum absolute atomic E-state index is 0.0490. The third-order valence-electron chi connectivity index (χ3n) is 3.57. The van der Waals surface area contributed by atoms with E-state index in [2.05, 4.69) is 20.4 Å². The summed E-state index contributed by atoms with van der Waals surface area (Å²) in [5.41, 5.74) is -1.56. The monoisotopic (exact) mass is 380 g/mol. The van der Waals surface area contributed by atoms with E-state index in [1.165, 1.54) is 25.1 Å². The van der Waals surface area contributed by atoms with Gasteiger partial charge >= 0.3 is 6.18 Å². The number of nitrogens with one attached hydrogen (secondary N) is 1. The number of hydrogen-bond acceptors (Lipinski definition) is 5. The van der Waals surface area contributed by atoms with E-state index in [9.17, 15) is 22.4 Å². The molecule has 1 atom stereocenters. The molecule has 0 aliphatic heterocycles. The maximum Gasteiger partial charge on any atom is 0.418 e. The lowest BCUT2D eigenvalue weighted by Gasteiger charge is -2.13. The first-order valence-electron chi connectivity index (χ1n) is 7.68. The van der Waals surface area contributed by atoms with Crippen LogP contribution in [0.15, 0.2) is 47.1 Å². The van der Waals surface area contributed by atoms with Gasteiger partial charge in [0, 0.05) is 11.8 Å². The zero-order valence-electron chi connectivity index (χ0n) is 13.8. The first-order valence-corrected chi connectivity index (χ1v) is 7.68. The number of pyridine rings is 1. The highest BCUT2D eigenvalue weighted by Crippen LogP contribution is 2.31. The summed E-state index contributed by atoms with van der Waals surface area (Å²) in [5.74, 6) is -1.50. The van der Waals surface area contributed by atoms with Gasteiger partial charge in [-0.15, -0.1) is 0 Å². The van der Waals surface area contributed by atoms with Crippen LogP contribution in [0.25, 0.3) is 11.4 Å². The number of halogens is 4. The molecule has 0 spiro atoms. The number of hydrogen-bond donors (Lipinski definition) is 1. The van der Waals surface area contributed by atoms with Crippen molar-refractivity contribution in [2.45, 2.75) is 19.1 Å². The van der Waals surface area contributed by atoms with Crippen LogP contribution in [0.3, 0.4) is 0 Å². The topological polar surface area (TPSA) is 80.9 Å². The van der Waals surface area contributed by atoms with Gasteiger partial charge in [-0.3, -0.25) is 9.78 Å². The number of carbonyl (C=O) groups is 1. The molecule has 0 saturated carbocycles. The number of amides is 1. The summed E-state index contributed by atoms with van der Waals surface area (Å²) in [6.45, 7) is 1.46. The van der Waals surface area contributed by atoms with Crippen molar-refractivity contribution in [2.24, 2.45) is 0 Å². The Hall–Kier alpha value is -3.30. The van der Waals surface area contributed by atoms with Crippen LogP contribution in [0.2, 0.25) is 0 Å². The van der Waals surface area contributed by atoms with Crippen molar-refractivity contribution in [3.63, 3.8) is 0 Å². The molecule has 0 bridgehead atoms. The first-order chi connectivity index (χ1) is 12.8. The minimum atomic E-state index is -4.72. The SMILES string of the molecule is CC(NC(=O)c1ncccc1C(F)(F)F)c1nc(-c2cccc(F)c2)no1. The molecule has 1 N–H and O–H groups in total. The van der Waals surface area contributed by atoms with Gasteiger partial charge in [0.25, 0.3) is 5.91 Å². The van der Waals surface area contributed by atoms with Crippen LogP contribution in [0, 0.1) is 5.82 Å². The summed E-state index contributed by atoms with van der Waals surface area (Å²) >= 11 is 0. The van der Waals surface area contributed by atoms with Crippen LogP contribution in [-0.4, -0.2) is 21.0 Å². The van der Waals surface area contributed by atoms with E-state index < -0.39 is 35.2 Å². The molecule has 2 heterocycles. The molecule has 6 nitrogen and oxygen atoms in total. The molecule has 27 heavy (non-hydrogen) atoms. The lowest BCUT2D eigenvalue weighted by Crippen LogP contribution is -2.30. The van der Waals surface area contributed by atoms with E-state index >= 15 is 0 Å². The second-order valence-electron chi connectivity index (χ2n) is 5.56. The predicted molar refractivity (Wildman–Crippen MR) is 84.8 cm³/mol. The van der Waals surface area contributed by atoms with Crippen molar-refractivity contribution in [2.75, 3.05) is 0 Å². The third-order valence-corrected chi connectivity index (χ3v) is 3.57. The molecule has 3 rings (SSSR count). The van der Waals surface area contributed by atoms with Crippen molar-refractivity contribution in [1.82, 2.24) is 20.4 Å². The van der Waals surface area contributed by atoms with Crippen LogP contribution >= 0.6 is 0 Å². The maximum absolute atomic E-state index is 13.3. The fourth-order valence-corrected chi connectivity index (χ4v) is 2.30. The van der Waals surface area contributed by atoms with E-state index in [1.807, 2.05) is 0 Å². The summed E-state index contributed by atoms with van der Waals surface area (Å²) in [7, 11) is 0. The average Bonchev–Trinajstić information content (AvgIpc) is 3.11. The van der Waals surface area contributed by atoms with Crippen LogP contribution in [0.1, 0.15) is 34.9 Å². The molecule has 0 saturated heterocycles. The second-order valence-corrected chi connectivity index (χ2v) is 5.56. The predicted octanol–water partition coefficient (Wildman–Crippen LogP) is 3.78. The molecular weight excluding hydrogens is 368 g/mol. The van der Waals surface area contributed by atoms with Gasteiger partial charge in [0.2, 0.25) is 11.7 Å². The number of nitrogens with zero attached hydrogens (tertiary/aromatic N) is 3. The molecule has 1 aromatic carbocycles. The van der Waals surface area contributed by atoms with Crippen molar-refractivity contribution < 1.29 is 26.9 Å². The smallest absolute Gasteiger partial charge is 0.339 e. The Morgan fingerprint density at radius 2 is 2.00 bits per heavy atom. The molecule has 1 amide bonds. The fourth-order valence-electron chi connectivity index (χ4n) is 2.30. The number of alkyl halides is 3. The van der Waals surface area contributed by atoms with Gasteiger partial charge in [0.1, 0.15) is 17.6 Å². The summed E-state index contributed by atoms with van der Waals surface area (Å²) in [6.07, 6.45) is -3.64. The molecule has 0 aliphatic carbocycles. The van der Waals surface area contributed by atoms with E-state index in [0.29, 0.717) is 5.56 Å². The number of aromatic nitrogens is 3. The van der Waals surface area contributed by atoms with Gasteiger partial charge in [-0.2, -0.15) is 18.2 Å². The maximum atomic E-state index is 13.3. The Bertz CT molecular complexity index is 971. The molecular formula is C17H12F4N4O2. The Morgan fingerprint density at radius 3 is 2.70 bits per heavy atom. The van der Waals surface area contributed by atoms with Crippen LogP contribution < -0.4 is 5.32 Å². The van der Waals surface area contributed by atoms with Gasteiger partial charge in [-0.25, -0.2) is 4.39 Å². The summed E-state index contributed by atoms with van der Waals surface area (Å²) in [4.78, 5) is 19.8. The summed E-state index contributed by atoms with van der Waals surface area (Å²) in [5, 5.41) is 6.02. The highest BCUT2D eigenvalue weighted by molar-refractivity contribution is 5.94. The van der Waals surface area contributed by atoms with Crippen LogP contribution in [0.5, 0.6) is 0 Å². The van der Waals surface area contributed by atoms with E-state index in [4.69, 9.17) is 4.52 Å². The van der Waals surface area contributed by atoms with Gasteiger partial charge in [-0.1, -0.05) is 17.3 Å². The van der Waals surface area contributed by atoms with E-state index in [1.54, 1.807) is 6.07 Å². The average molecular weight is 380 g/mol. The van der Waals surface area contributed by atoms with Crippen molar-refractivity contribution in [3.8, 4) is 11.4 Å². The Kier molecular flexibility index (Phi) is 4.89. The number of benzene rings is 1. The lowest BCUT2D eigenvalue weighted by molar-refractivity contribution is -0.138. The summed E-state index contributed by atoms with van der Waals surface area (Å²) in [6, 6.07) is 6.43.